The van der Waals surface area contributed by atoms with Gasteiger partial charge in [-0.05, 0) is 44.0 Å². The molecule has 25 heavy (non-hydrogen) atoms. The van der Waals surface area contributed by atoms with Gasteiger partial charge in [-0.2, -0.15) is 0 Å². The number of rotatable bonds is 1. The first-order valence-corrected chi connectivity index (χ1v) is 9.85. The molecule has 1 aliphatic rings. The van der Waals surface area contributed by atoms with Crippen LogP contribution in [-0.4, -0.2) is 30.0 Å². The molecule has 1 heterocycles. The fourth-order valence-corrected chi connectivity index (χ4v) is 5.66. The Hall–Kier alpha value is -0.680. The van der Waals surface area contributed by atoms with Crippen molar-refractivity contribution in [3.05, 3.63) is 41.5 Å². The average molecular weight is 606 g/mol. The van der Waals surface area contributed by atoms with Crippen molar-refractivity contribution < 1.29 is 30.3 Å². The number of fused-ring (bicyclic) bond motifs is 1. The van der Waals surface area contributed by atoms with Gasteiger partial charge < -0.3 is 30.3 Å². The number of hydrogen-bond donors (Lipinski definition) is 5. The molecule has 0 amide bonds. The zero-order chi connectivity index (χ0) is 18.8. The lowest BCUT2D eigenvalue weighted by molar-refractivity contribution is -0.0292. The summed E-state index contributed by atoms with van der Waals surface area (Å²) in [6, 6.07) is 6.25. The summed E-state index contributed by atoms with van der Waals surface area (Å²) in [5.41, 5.74) is 0.390. The standard InChI is InChI=1S/C15H10Br4O6/c16-13(17)12-10(23)4-7(20)5-11(12)25-14(18,15(13,19)24)6-1-2-8(21)9(22)3-6/h1-5,20-24H/t14-,15-/m1/s1. The second-order valence-corrected chi connectivity index (χ2v) is 11.1. The van der Waals surface area contributed by atoms with Crippen LogP contribution in [-0.2, 0) is 7.74 Å². The molecular formula is C15H10Br4O6. The molecule has 2 aromatic rings. The fourth-order valence-electron chi connectivity index (χ4n) is 2.54. The lowest BCUT2D eigenvalue weighted by Crippen LogP contribution is -2.58. The third-order valence-electron chi connectivity index (χ3n) is 3.82. The number of phenols is 4. The van der Waals surface area contributed by atoms with Gasteiger partial charge in [0.1, 0.15) is 17.2 Å². The average Bonchev–Trinajstić information content (AvgIpc) is 2.47. The predicted octanol–water partition coefficient (Wildman–Crippen LogP) is 4.18. The Balaban J connectivity index is 2.30. The largest absolute Gasteiger partial charge is 0.508 e. The van der Waals surface area contributed by atoms with Gasteiger partial charge in [-0.1, -0.05) is 37.9 Å². The third kappa shape index (κ3) is 2.64. The summed E-state index contributed by atoms with van der Waals surface area (Å²) in [4.78, 5) is 0. The van der Waals surface area contributed by atoms with E-state index in [0.717, 1.165) is 6.07 Å². The van der Waals surface area contributed by atoms with Crippen LogP contribution in [0, 0.1) is 0 Å². The van der Waals surface area contributed by atoms with Crippen LogP contribution in [0.5, 0.6) is 28.7 Å². The van der Waals surface area contributed by atoms with Gasteiger partial charge >= 0.3 is 0 Å². The van der Waals surface area contributed by atoms with Crippen molar-refractivity contribution in [1.82, 2.24) is 0 Å². The number of alkyl halides is 4. The normalized spacial score (nSPS) is 27.4. The SMILES string of the molecule is Oc1cc(O)c2c(c1)O[C@](Br)(c1ccc(O)c(O)c1)[C@@](O)(Br)C2(Br)Br. The van der Waals surface area contributed by atoms with Crippen LogP contribution in [0.15, 0.2) is 30.3 Å². The van der Waals surface area contributed by atoms with E-state index in [1.54, 1.807) is 0 Å². The Morgan fingerprint density at radius 3 is 2.04 bits per heavy atom. The number of hydrogen-bond acceptors (Lipinski definition) is 6. The van der Waals surface area contributed by atoms with Crippen molar-refractivity contribution in [3.63, 3.8) is 0 Å². The van der Waals surface area contributed by atoms with E-state index in [9.17, 15) is 25.5 Å². The van der Waals surface area contributed by atoms with Gasteiger partial charge in [-0.3, -0.25) is 0 Å². The minimum atomic E-state index is -1.95. The first-order valence-electron chi connectivity index (χ1n) is 6.67. The molecule has 134 valence electrons. The number of ether oxygens (including phenoxy) is 1. The van der Waals surface area contributed by atoms with E-state index in [4.69, 9.17) is 4.74 Å². The van der Waals surface area contributed by atoms with Gasteiger partial charge in [0.2, 0.25) is 9.02 Å². The summed E-state index contributed by atoms with van der Waals surface area (Å²) in [5, 5.41) is 50.5. The minimum Gasteiger partial charge on any atom is -0.508 e. The zero-order valence-electron chi connectivity index (χ0n) is 12.0. The Labute approximate surface area is 175 Å². The monoisotopic (exact) mass is 602 g/mol. The Kier molecular flexibility index (Phi) is 4.52. The van der Waals surface area contributed by atoms with Crippen LogP contribution < -0.4 is 4.74 Å². The van der Waals surface area contributed by atoms with E-state index >= 15 is 0 Å². The van der Waals surface area contributed by atoms with E-state index in [0.29, 0.717) is 0 Å². The van der Waals surface area contributed by atoms with Crippen LogP contribution in [0.25, 0.3) is 0 Å². The molecule has 0 aliphatic carbocycles. The number of halogens is 4. The lowest BCUT2D eigenvalue weighted by Gasteiger charge is -2.50. The number of aliphatic hydroxyl groups is 1. The molecule has 6 nitrogen and oxygen atoms in total. The first-order chi connectivity index (χ1) is 11.4. The first kappa shape index (κ1) is 19.1. The summed E-state index contributed by atoms with van der Waals surface area (Å²) in [6.45, 7) is 0. The number of aromatic hydroxyl groups is 4. The lowest BCUT2D eigenvalue weighted by atomic mass is 9.93. The molecule has 2 aromatic carbocycles. The van der Waals surface area contributed by atoms with Crippen LogP contribution in [0.1, 0.15) is 11.1 Å². The summed E-state index contributed by atoms with van der Waals surface area (Å²) in [5.74, 6) is -1.24. The maximum Gasteiger partial charge on any atom is 0.229 e. The molecule has 2 atom stereocenters. The molecule has 1 aliphatic heterocycles. The summed E-state index contributed by atoms with van der Waals surface area (Å²) < 4.78 is 0.761. The Morgan fingerprint density at radius 2 is 1.44 bits per heavy atom. The van der Waals surface area contributed by atoms with Crippen molar-refractivity contribution in [2.45, 2.75) is 12.3 Å². The molecule has 0 bridgehead atoms. The van der Waals surface area contributed by atoms with E-state index in [-0.39, 0.29) is 34.1 Å². The Bertz CT molecular complexity index is 869. The van der Waals surface area contributed by atoms with E-state index < -0.39 is 18.0 Å². The molecular weight excluding hydrogens is 596 g/mol. The molecule has 3 rings (SSSR count). The van der Waals surface area contributed by atoms with Gasteiger partial charge in [0.05, 0.1) is 5.56 Å². The topological polar surface area (TPSA) is 110 Å². The maximum atomic E-state index is 11.2. The Morgan fingerprint density at radius 1 is 0.800 bits per heavy atom. The minimum absolute atomic E-state index is 0.0693. The summed E-state index contributed by atoms with van der Waals surface area (Å²) in [6.07, 6.45) is 0. The molecule has 5 N–H and O–H groups in total. The van der Waals surface area contributed by atoms with Crippen LogP contribution in [0.2, 0.25) is 0 Å². The number of phenolic OH excluding ortho intramolecular Hbond substituents is 4. The van der Waals surface area contributed by atoms with Crippen molar-refractivity contribution in [1.29, 1.82) is 0 Å². The maximum absolute atomic E-state index is 11.2. The van der Waals surface area contributed by atoms with Crippen molar-refractivity contribution in [2.24, 2.45) is 0 Å². The second-order valence-electron chi connectivity index (χ2n) is 5.44. The highest BCUT2D eigenvalue weighted by molar-refractivity contribution is 9.25. The molecule has 0 saturated carbocycles. The third-order valence-corrected chi connectivity index (χ3v) is 9.70. The summed E-state index contributed by atoms with van der Waals surface area (Å²) >= 11 is 13.3. The molecule has 0 aromatic heterocycles. The van der Waals surface area contributed by atoms with Gasteiger partial charge in [0.15, 0.2) is 14.7 Å². The molecule has 10 heteroatoms. The second kappa shape index (κ2) is 5.91. The number of benzene rings is 2. The van der Waals surface area contributed by atoms with E-state index in [1.165, 1.54) is 24.3 Å². The molecule has 0 saturated heterocycles. The van der Waals surface area contributed by atoms with Gasteiger partial charge in [0, 0.05) is 17.7 Å². The smallest absolute Gasteiger partial charge is 0.229 e. The molecule has 0 spiro atoms. The zero-order valence-corrected chi connectivity index (χ0v) is 18.4. The van der Waals surface area contributed by atoms with Gasteiger partial charge in [-0.15, -0.1) is 0 Å². The van der Waals surface area contributed by atoms with Crippen molar-refractivity contribution in [3.8, 4) is 28.7 Å². The highest BCUT2D eigenvalue weighted by Crippen LogP contribution is 2.68. The molecule has 0 radical (unpaired) electrons. The van der Waals surface area contributed by atoms with Gasteiger partial charge in [0.25, 0.3) is 0 Å². The van der Waals surface area contributed by atoms with Crippen molar-refractivity contribution in [2.75, 3.05) is 0 Å². The van der Waals surface area contributed by atoms with Crippen LogP contribution >= 0.6 is 63.7 Å². The quantitative estimate of drug-likeness (QED) is 0.247. The van der Waals surface area contributed by atoms with Gasteiger partial charge in [-0.25, -0.2) is 0 Å². The molecule has 0 unspecified atom stereocenters. The van der Waals surface area contributed by atoms with E-state index in [2.05, 4.69) is 63.7 Å². The molecule has 0 fully saturated rings. The van der Waals surface area contributed by atoms with E-state index in [1.807, 2.05) is 0 Å². The van der Waals surface area contributed by atoms with Crippen LogP contribution in [0.4, 0.5) is 0 Å². The van der Waals surface area contributed by atoms with Crippen LogP contribution in [0.3, 0.4) is 0 Å². The predicted molar refractivity (Wildman–Crippen MR) is 104 cm³/mol. The highest BCUT2D eigenvalue weighted by Gasteiger charge is 2.67. The van der Waals surface area contributed by atoms with Crippen molar-refractivity contribution >= 4 is 63.7 Å². The summed E-state index contributed by atoms with van der Waals surface area (Å²) in [7, 11) is 0. The highest BCUT2D eigenvalue weighted by atomic mass is 79.9. The fraction of sp³-hybridized carbons (Fsp3) is 0.200.